The number of hydrogen-bond acceptors (Lipinski definition) is 14. The van der Waals surface area contributed by atoms with Crippen molar-refractivity contribution < 1.29 is 67.7 Å². The summed E-state index contributed by atoms with van der Waals surface area (Å²) in [5.74, 6) is -8.24. The largest absolute Gasteiger partial charge is 0.460 e. The van der Waals surface area contributed by atoms with E-state index in [0.29, 0.717) is 70.0 Å². The molecular formula is C54H85NO14. The van der Waals surface area contributed by atoms with E-state index in [4.69, 9.17) is 28.4 Å². The second kappa shape index (κ2) is 28.0. The van der Waals surface area contributed by atoms with Crippen LogP contribution < -0.4 is 0 Å². The Morgan fingerprint density at radius 3 is 2.29 bits per heavy atom. The predicted octanol–water partition coefficient (Wildman–Crippen LogP) is 6.59. The summed E-state index contributed by atoms with van der Waals surface area (Å²) < 4.78 is 36.0. The summed E-state index contributed by atoms with van der Waals surface area (Å²) in [6.07, 6.45) is 12.6. The van der Waals surface area contributed by atoms with Crippen molar-refractivity contribution in [2.45, 2.75) is 186 Å². The maximum Gasteiger partial charge on any atom is 0.329 e. The van der Waals surface area contributed by atoms with Crippen LogP contribution in [0.5, 0.6) is 0 Å². The Morgan fingerprint density at radius 2 is 1.61 bits per heavy atom. The van der Waals surface area contributed by atoms with Crippen molar-refractivity contribution >= 4 is 29.2 Å². The Balaban J connectivity index is 1.73. The van der Waals surface area contributed by atoms with Gasteiger partial charge in [0.05, 0.1) is 24.4 Å². The van der Waals surface area contributed by atoms with Crippen molar-refractivity contribution in [2.24, 2.45) is 35.5 Å². The van der Waals surface area contributed by atoms with Crippen LogP contribution in [-0.2, 0) is 52.4 Å². The molecule has 15 heteroatoms. The molecule has 4 aliphatic rings. The first kappa shape index (κ1) is 58.2. The van der Waals surface area contributed by atoms with Gasteiger partial charge in [-0.05, 0) is 113 Å². The Hall–Kier alpha value is -3.41. The number of methoxy groups -OCH3 is 3. The van der Waals surface area contributed by atoms with Gasteiger partial charge in [0, 0.05) is 71.7 Å². The maximum absolute atomic E-state index is 14.5. The number of aliphatic hydroxyl groups is 3. The fraction of sp³-hybridized carbons (Fsp3) is 0.759. The molecule has 3 heterocycles. The number of esters is 1. The SMILES string of the molecule is CO[C@H]1CCC(OCCCO)[C@@H](C[C@@H](C)[C@@H]2CC(=O)[C@H](C)/C=C(\C)[C@@H](O)[C@@H](OC)C(=O)[C@@H](C)C[C@H](C)/C=C/C=C/C=C(\C)[C@@H](OC)C[C@@H]3CC[C@@H](C)[C@@](O)(O3)C(=O)C(=O)N3CCCCC3C(=O)O2)C1. The van der Waals surface area contributed by atoms with Gasteiger partial charge in [-0.2, -0.15) is 0 Å². The second-order valence-corrected chi connectivity index (χ2v) is 20.5. The van der Waals surface area contributed by atoms with Gasteiger partial charge in [0.15, 0.2) is 5.78 Å². The number of allylic oxidation sites excluding steroid dienone is 6. The Bertz CT molecular complexity index is 1820. The molecule has 15 atom stereocenters. The second-order valence-electron chi connectivity index (χ2n) is 20.5. The highest BCUT2D eigenvalue weighted by Crippen LogP contribution is 2.38. The zero-order valence-electron chi connectivity index (χ0n) is 43.1. The molecule has 4 rings (SSSR count). The molecule has 0 aromatic carbocycles. The highest BCUT2D eigenvalue weighted by atomic mass is 16.6. The summed E-state index contributed by atoms with van der Waals surface area (Å²) in [4.78, 5) is 72.4. The minimum atomic E-state index is -2.44. The quantitative estimate of drug-likeness (QED) is 0.0916. The molecule has 3 fully saturated rings. The Kier molecular flexibility index (Phi) is 23.6. The van der Waals surface area contributed by atoms with Gasteiger partial charge >= 0.3 is 5.97 Å². The lowest BCUT2D eigenvalue weighted by Crippen LogP contribution is -2.61. The van der Waals surface area contributed by atoms with Gasteiger partial charge in [-0.15, -0.1) is 0 Å². The normalized spacial score (nSPS) is 38.8. The number of cyclic esters (lactones) is 1. The molecule has 3 aliphatic heterocycles. The van der Waals surface area contributed by atoms with Crippen LogP contribution in [0, 0.1) is 35.5 Å². The minimum Gasteiger partial charge on any atom is -0.460 e. The van der Waals surface area contributed by atoms with E-state index in [9.17, 15) is 39.3 Å². The first-order valence-electron chi connectivity index (χ1n) is 25.5. The third-order valence-electron chi connectivity index (χ3n) is 15.1. The summed E-state index contributed by atoms with van der Waals surface area (Å²) >= 11 is 0. The number of Topliss-reactive ketones (excluding diaryl/α,β-unsaturated/α-hetero) is 3. The van der Waals surface area contributed by atoms with Crippen molar-refractivity contribution in [3.05, 3.63) is 47.6 Å². The first-order valence-corrected chi connectivity index (χ1v) is 25.5. The molecule has 2 bridgehead atoms. The number of carbonyl (C=O) groups is 5. The zero-order valence-corrected chi connectivity index (χ0v) is 43.1. The van der Waals surface area contributed by atoms with Gasteiger partial charge in [0.25, 0.3) is 11.7 Å². The third-order valence-corrected chi connectivity index (χ3v) is 15.1. The average molecular weight is 972 g/mol. The number of piperidine rings is 1. The minimum absolute atomic E-state index is 0.00101. The van der Waals surface area contributed by atoms with Crippen LogP contribution in [0.15, 0.2) is 47.6 Å². The highest BCUT2D eigenvalue weighted by molar-refractivity contribution is 6.39. The molecule has 0 radical (unpaired) electrons. The van der Waals surface area contributed by atoms with Crippen LogP contribution in [0.4, 0.5) is 0 Å². The first-order chi connectivity index (χ1) is 32.8. The number of ketones is 3. The van der Waals surface area contributed by atoms with Crippen LogP contribution in [0.2, 0.25) is 0 Å². The number of fused-ring (bicyclic) bond motifs is 3. The number of nitrogens with zero attached hydrogens (tertiary/aromatic N) is 1. The van der Waals surface area contributed by atoms with Crippen LogP contribution in [0.25, 0.3) is 0 Å². The number of aliphatic hydroxyl groups excluding tert-OH is 2. The van der Waals surface area contributed by atoms with E-state index in [1.54, 1.807) is 41.1 Å². The molecule has 2 saturated heterocycles. The van der Waals surface area contributed by atoms with E-state index in [-0.39, 0.29) is 61.6 Å². The smallest absolute Gasteiger partial charge is 0.329 e. The summed E-state index contributed by atoms with van der Waals surface area (Å²) in [5, 5.41) is 33.0. The Labute approximate surface area is 411 Å². The molecule has 2 unspecified atom stereocenters. The molecule has 1 aliphatic carbocycles. The van der Waals surface area contributed by atoms with E-state index >= 15 is 0 Å². The molecular weight excluding hydrogens is 887 g/mol. The van der Waals surface area contributed by atoms with Crippen molar-refractivity contribution in [3.8, 4) is 0 Å². The van der Waals surface area contributed by atoms with Gasteiger partial charge in [0.1, 0.15) is 30.1 Å². The van der Waals surface area contributed by atoms with E-state index < -0.39 is 83.7 Å². The standard InChI is InChI=1S/C54H85NO14/c1-33-17-12-11-13-18-34(2)46(65-9)31-42-21-20-39(7)54(63,69-42)51(60)52(61)55-24-15-14-19-43(55)53(62)68-47(36(4)29-40-30-41(64-8)22-23-45(40)67-26-16-25-56)32-44(57)35(3)28-38(6)49(59)50(66-10)48(58)37(5)27-33/h11-13,17-18,28,33,35-37,39-43,45-47,49-50,56,59,63H,14-16,19-27,29-32H2,1-10H3/b13-11+,17-12+,34-18+,38-28+/t33-,35-,36-,37+,39-,40+,41+,42+,43?,45?,46+,47+,49-,50+,54-/m1/s1. The van der Waals surface area contributed by atoms with E-state index in [0.717, 1.165) is 18.4 Å². The van der Waals surface area contributed by atoms with E-state index in [1.165, 1.54) is 12.0 Å². The predicted molar refractivity (Wildman–Crippen MR) is 261 cm³/mol. The molecule has 1 amide bonds. The summed E-state index contributed by atoms with van der Waals surface area (Å²) in [6, 6.07) is -1.16. The van der Waals surface area contributed by atoms with Gasteiger partial charge in [-0.3, -0.25) is 19.2 Å². The van der Waals surface area contributed by atoms with Gasteiger partial charge in [-0.1, -0.05) is 71.1 Å². The van der Waals surface area contributed by atoms with Crippen molar-refractivity contribution in [1.82, 2.24) is 4.90 Å². The summed E-state index contributed by atoms with van der Waals surface area (Å²) in [7, 11) is 4.63. The van der Waals surface area contributed by atoms with Crippen LogP contribution in [0.3, 0.4) is 0 Å². The van der Waals surface area contributed by atoms with Crippen LogP contribution in [-0.4, -0.2) is 145 Å². The fourth-order valence-electron chi connectivity index (χ4n) is 10.6. The molecule has 15 nitrogen and oxygen atoms in total. The summed E-state index contributed by atoms with van der Waals surface area (Å²) in [5.41, 5.74) is 1.26. The zero-order chi connectivity index (χ0) is 51.0. The van der Waals surface area contributed by atoms with Crippen molar-refractivity contribution in [3.63, 3.8) is 0 Å². The maximum atomic E-state index is 14.5. The molecule has 0 spiro atoms. The molecule has 3 N–H and O–H groups in total. The number of ether oxygens (including phenoxy) is 6. The van der Waals surface area contributed by atoms with Crippen LogP contribution in [0.1, 0.15) is 132 Å². The monoisotopic (exact) mass is 972 g/mol. The van der Waals surface area contributed by atoms with Crippen molar-refractivity contribution in [2.75, 3.05) is 41.1 Å². The van der Waals surface area contributed by atoms with E-state index in [2.05, 4.69) is 0 Å². The van der Waals surface area contributed by atoms with Crippen LogP contribution >= 0.6 is 0 Å². The highest BCUT2D eigenvalue weighted by Gasteiger charge is 2.53. The molecule has 0 aromatic rings. The Morgan fingerprint density at radius 1 is 0.870 bits per heavy atom. The number of carbonyl (C=O) groups excluding carboxylic acids is 5. The molecule has 1 saturated carbocycles. The molecule has 69 heavy (non-hydrogen) atoms. The number of amides is 1. The third kappa shape index (κ3) is 16.0. The number of rotatable bonds is 10. The van der Waals surface area contributed by atoms with Gasteiger partial charge < -0.3 is 48.6 Å². The van der Waals surface area contributed by atoms with Gasteiger partial charge in [0.2, 0.25) is 5.79 Å². The van der Waals surface area contributed by atoms with E-state index in [1.807, 2.05) is 58.1 Å². The topological polar surface area (TPSA) is 205 Å². The van der Waals surface area contributed by atoms with Crippen molar-refractivity contribution in [1.29, 1.82) is 0 Å². The lowest BCUT2D eigenvalue weighted by atomic mass is 9.77. The fourth-order valence-corrected chi connectivity index (χ4v) is 10.6. The van der Waals surface area contributed by atoms with Gasteiger partial charge in [-0.25, -0.2) is 4.79 Å². The lowest BCUT2D eigenvalue weighted by molar-refractivity contribution is -0.265. The molecule has 0 aromatic heterocycles. The number of hydrogen-bond donors (Lipinski definition) is 3. The molecule has 390 valence electrons. The average Bonchev–Trinajstić information content (AvgIpc) is 3.33. The lowest BCUT2D eigenvalue weighted by Gasteiger charge is -2.42. The summed E-state index contributed by atoms with van der Waals surface area (Å²) in [6.45, 7) is 13.1.